The smallest absolute Gasteiger partial charge is 0.223 e. The van der Waals surface area contributed by atoms with Crippen molar-refractivity contribution in [2.75, 3.05) is 11.9 Å². The lowest BCUT2D eigenvalue weighted by Gasteiger charge is -2.17. The molecule has 2 unspecified atom stereocenters. The van der Waals surface area contributed by atoms with E-state index < -0.39 is 5.82 Å². The molecule has 1 saturated carbocycles. The Morgan fingerprint density at radius 3 is 2.89 bits per heavy atom. The highest BCUT2D eigenvalue weighted by Crippen LogP contribution is 2.38. The number of ether oxygens (including phenoxy) is 1. The number of anilines is 1. The third kappa shape index (κ3) is 3.62. The maximum atomic E-state index is 14.5. The zero-order valence-electron chi connectivity index (χ0n) is 15.6. The average molecular weight is 401 g/mol. The monoisotopic (exact) mass is 400 g/mol. The Labute approximate surface area is 168 Å². The van der Waals surface area contributed by atoms with Crippen LogP contribution in [0.25, 0.3) is 22.0 Å². The predicted octanol–water partition coefficient (Wildman–Crippen LogP) is 4.78. The summed E-state index contributed by atoms with van der Waals surface area (Å²) in [4.78, 5) is 8.97. The van der Waals surface area contributed by atoms with Gasteiger partial charge in [-0.2, -0.15) is 0 Å². The van der Waals surface area contributed by atoms with E-state index in [0.29, 0.717) is 29.4 Å². The number of nitrogens with zero attached hydrogens (tertiary/aromatic N) is 2. The van der Waals surface area contributed by atoms with Gasteiger partial charge in [-0.05, 0) is 56.0 Å². The van der Waals surface area contributed by atoms with Crippen LogP contribution in [-0.2, 0) is 0 Å². The second kappa shape index (κ2) is 7.89. The van der Waals surface area contributed by atoms with E-state index in [1.807, 2.05) is 19.1 Å². The van der Waals surface area contributed by atoms with E-state index in [4.69, 9.17) is 22.1 Å². The van der Waals surface area contributed by atoms with Crippen molar-refractivity contribution >= 4 is 28.5 Å². The van der Waals surface area contributed by atoms with E-state index in [1.165, 1.54) is 6.07 Å². The summed E-state index contributed by atoms with van der Waals surface area (Å²) in [5.74, 6) is 0.622. The van der Waals surface area contributed by atoms with E-state index in [1.54, 1.807) is 18.3 Å². The van der Waals surface area contributed by atoms with E-state index in [-0.39, 0.29) is 17.1 Å². The number of rotatable bonds is 5. The fourth-order valence-corrected chi connectivity index (χ4v) is 3.97. The average Bonchev–Trinajstić information content (AvgIpc) is 3.09. The number of benzene rings is 2. The van der Waals surface area contributed by atoms with Crippen molar-refractivity contribution < 1.29 is 9.13 Å². The molecule has 1 aromatic heterocycles. The molecule has 28 heavy (non-hydrogen) atoms. The van der Waals surface area contributed by atoms with Gasteiger partial charge in [0.2, 0.25) is 5.95 Å². The molecule has 7 heteroatoms. The summed E-state index contributed by atoms with van der Waals surface area (Å²) in [5, 5.41) is 4.39. The summed E-state index contributed by atoms with van der Waals surface area (Å²) in [6.07, 6.45) is 4.88. The minimum absolute atomic E-state index is 0.129. The summed E-state index contributed by atoms with van der Waals surface area (Å²) in [7, 11) is 0. The minimum Gasteiger partial charge on any atom is -0.492 e. The summed E-state index contributed by atoms with van der Waals surface area (Å²) < 4.78 is 20.0. The molecule has 146 valence electrons. The molecule has 0 bridgehead atoms. The Kier molecular flexibility index (Phi) is 5.33. The lowest BCUT2D eigenvalue weighted by atomic mass is 10.0. The third-order valence-corrected chi connectivity index (χ3v) is 5.48. The molecule has 1 heterocycles. The largest absolute Gasteiger partial charge is 0.492 e. The van der Waals surface area contributed by atoms with Crippen molar-refractivity contribution in [1.82, 2.24) is 9.97 Å². The molecule has 3 aromatic rings. The molecule has 0 saturated heterocycles. The normalized spacial score (nSPS) is 19.1. The Bertz CT molecular complexity index is 1010. The molecule has 5 nitrogen and oxygen atoms in total. The van der Waals surface area contributed by atoms with Gasteiger partial charge in [-0.25, -0.2) is 14.4 Å². The number of nitrogens with one attached hydrogen (secondary N) is 1. The van der Waals surface area contributed by atoms with Crippen molar-refractivity contribution in [3.05, 3.63) is 47.4 Å². The van der Waals surface area contributed by atoms with Crippen molar-refractivity contribution in [2.45, 2.75) is 38.3 Å². The number of aromatic nitrogens is 2. The summed E-state index contributed by atoms with van der Waals surface area (Å²) >= 11 is 6.39. The first-order chi connectivity index (χ1) is 13.6. The lowest BCUT2D eigenvalue weighted by molar-refractivity contribution is 0.340. The molecule has 2 aromatic carbocycles. The number of halogens is 2. The Morgan fingerprint density at radius 2 is 2.14 bits per heavy atom. The third-order valence-electron chi connectivity index (χ3n) is 5.11. The Hall–Kier alpha value is -2.44. The topological polar surface area (TPSA) is 73.1 Å². The quantitative estimate of drug-likeness (QED) is 0.644. The van der Waals surface area contributed by atoms with E-state index in [2.05, 4.69) is 15.3 Å². The fourth-order valence-electron chi connectivity index (χ4n) is 3.66. The van der Waals surface area contributed by atoms with E-state index >= 15 is 0 Å². The molecule has 4 rings (SSSR count). The fraction of sp³-hybridized carbons (Fsp3) is 0.333. The summed E-state index contributed by atoms with van der Waals surface area (Å²) in [6, 6.07) is 8.72. The molecule has 0 amide bonds. The summed E-state index contributed by atoms with van der Waals surface area (Å²) in [5.41, 5.74) is 7.84. The second-order valence-electron chi connectivity index (χ2n) is 6.98. The molecular weight excluding hydrogens is 379 g/mol. The number of nitrogens with two attached hydrogens (primary N) is 1. The van der Waals surface area contributed by atoms with Crippen LogP contribution in [-0.4, -0.2) is 28.7 Å². The van der Waals surface area contributed by atoms with E-state index in [9.17, 15) is 4.39 Å². The van der Waals surface area contributed by atoms with Gasteiger partial charge in [0.15, 0.2) is 0 Å². The first kappa shape index (κ1) is 18.9. The highest BCUT2D eigenvalue weighted by atomic mass is 35.5. The van der Waals surface area contributed by atoms with Crippen LogP contribution in [0.1, 0.15) is 26.2 Å². The van der Waals surface area contributed by atoms with Crippen LogP contribution in [0.5, 0.6) is 5.75 Å². The molecule has 0 aliphatic heterocycles. The van der Waals surface area contributed by atoms with Gasteiger partial charge < -0.3 is 15.8 Å². The Morgan fingerprint density at radius 1 is 1.29 bits per heavy atom. The van der Waals surface area contributed by atoms with Crippen molar-refractivity contribution in [3.63, 3.8) is 0 Å². The van der Waals surface area contributed by atoms with Crippen LogP contribution in [0, 0.1) is 5.82 Å². The summed E-state index contributed by atoms with van der Waals surface area (Å²) in [6.45, 7) is 2.31. The SMILES string of the molecule is CCOc1ccc(F)c(-c2ccc3nc(NC4CCCC4N)ncc3c2)c1Cl. The first-order valence-corrected chi connectivity index (χ1v) is 9.84. The zero-order chi connectivity index (χ0) is 19.7. The number of hydrogen-bond acceptors (Lipinski definition) is 5. The molecule has 1 aliphatic rings. The van der Waals surface area contributed by atoms with Crippen LogP contribution in [0.3, 0.4) is 0 Å². The van der Waals surface area contributed by atoms with Crippen molar-refractivity contribution in [1.29, 1.82) is 0 Å². The molecular formula is C21H22ClFN4O. The standard InChI is InChI=1S/C21H22ClFN4O/c1-2-28-18-9-7-14(23)19(20(18)22)12-6-8-16-13(10-12)11-25-21(26-16)27-17-5-3-4-15(17)24/h6-11,15,17H,2-5,24H2,1H3,(H,25,26,27). The molecule has 1 fully saturated rings. The molecule has 2 atom stereocenters. The maximum absolute atomic E-state index is 14.5. The molecule has 3 N–H and O–H groups in total. The van der Waals surface area contributed by atoms with Gasteiger partial charge in [0, 0.05) is 29.2 Å². The van der Waals surface area contributed by atoms with Crippen molar-refractivity contribution in [3.8, 4) is 16.9 Å². The van der Waals surface area contributed by atoms with Gasteiger partial charge >= 0.3 is 0 Å². The second-order valence-corrected chi connectivity index (χ2v) is 7.36. The van der Waals surface area contributed by atoms with Crippen LogP contribution in [0.15, 0.2) is 36.5 Å². The van der Waals surface area contributed by atoms with Crippen LogP contribution in [0.2, 0.25) is 5.02 Å². The van der Waals surface area contributed by atoms with Gasteiger partial charge in [-0.1, -0.05) is 17.7 Å². The number of fused-ring (bicyclic) bond motifs is 1. The highest BCUT2D eigenvalue weighted by Gasteiger charge is 2.24. The van der Waals surface area contributed by atoms with Gasteiger partial charge in [-0.3, -0.25) is 0 Å². The van der Waals surface area contributed by atoms with Crippen LogP contribution >= 0.6 is 11.6 Å². The lowest BCUT2D eigenvalue weighted by Crippen LogP contribution is -2.35. The zero-order valence-corrected chi connectivity index (χ0v) is 16.3. The molecule has 0 radical (unpaired) electrons. The van der Waals surface area contributed by atoms with Crippen LogP contribution < -0.4 is 15.8 Å². The van der Waals surface area contributed by atoms with Gasteiger partial charge in [0.05, 0.1) is 17.1 Å². The molecule has 1 aliphatic carbocycles. The minimum atomic E-state index is -0.401. The predicted molar refractivity (Wildman–Crippen MR) is 110 cm³/mol. The van der Waals surface area contributed by atoms with Crippen molar-refractivity contribution in [2.24, 2.45) is 5.73 Å². The number of hydrogen-bond donors (Lipinski definition) is 2. The Balaban J connectivity index is 1.67. The van der Waals surface area contributed by atoms with Gasteiger partial charge in [0.25, 0.3) is 0 Å². The van der Waals surface area contributed by atoms with Gasteiger partial charge in [0.1, 0.15) is 11.6 Å². The first-order valence-electron chi connectivity index (χ1n) is 9.47. The van der Waals surface area contributed by atoms with E-state index in [0.717, 1.165) is 30.2 Å². The highest BCUT2D eigenvalue weighted by molar-refractivity contribution is 6.34. The maximum Gasteiger partial charge on any atom is 0.223 e. The molecule has 0 spiro atoms. The van der Waals surface area contributed by atoms with Crippen LogP contribution in [0.4, 0.5) is 10.3 Å². The van der Waals surface area contributed by atoms with Gasteiger partial charge in [-0.15, -0.1) is 0 Å².